The Morgan fingerprint density at radius 3 is 1.52 bits per heavy atom. The van der Waals surface area contributed by atoms with Gasteiger partial charge in [-0.15, -0.1) is 36.4 Å². The van der Waals surface area contributed by atoms with Gasteiger partial charge in [0.05, 0.1) is 0 Å². The Labute approximate surface area is 174 Å². The van der Waals surface area contributed by atoms with Crippen molar-refractivity contribution in [1.82, 2.24) is 0 Å². The van der Waals surface area contributed by atoms with Gasteiger partial charge in [0.2, 0.25) is 0 Å². The Hall–Kier alpha value is -0.237. The third-order valence-electron chi connectivity index (χ3n) is 3.71. The maximum Gasteiger partial charge on any atom is 2.00 e. The predicted octanol–water partition coefficient (Wildman–Crippen LogP) is 6.64. The zero-order valence-corrected chi connectivity index (χ0v) is 18.3. The summed E-state index contributed by atoms with van der Waals surface area (Å²) in [5, 5.41) is 0. The van der Waals surface area contributed by atoms with Crippen molar-refractivity contribution in [2.24, 2.45) is 0 Å². The first-order chi connectivity index (χ1) is 10.7. The molecule has 0 aliphatic heterocycles. The van der Waals surface area contributed by atoms with Gasteiger partial charge in [0.1, 0.15) is 0 Å². The van der Waals surface area contributed by atoms with Crippen LogP contribution in [-0.4, -0.2) is 0 Å². The van der Waals surface area contributed by atoms with Crippen molar-refractivity contribution in [3.63, 3.8) is 0 Å². The van der Waals surface area contributed by atoms with Gasteiger partial charge in [-0.05, 0) is 8.95 Å². The monoisotopic (exact) mass is 504 g/mol. The molecule has 0 N–H and O–H groups in total. The van der Waals surface area contributed by atoms with E-state index in [1.54, 1.807) is 0 Å². The number of hydrogen-bond acceptors (Lipinski definition) is 0. The van der Waals surface area contributed by atoms with Gasteiger partial charge in [-0.3, -0.25) is 0 Å². The largest absolute Gasteiger partial charge is 2.00 e. The molecule has 1 fully saturated rings. The van der Waals surface area contributed by atoms with Crippen molar-refractivity contribution in [3.05, 3.63) is 91.9 Å². The van der Waals surface area contributed by atoms with Crippen LogP contribution in [0.25, 0.3) is 0 Å². The molecule has 0 aromatic heterocycles. The van der Waals surface area contributed by atoms with E-state index in [4.69, 9.17) is 0 Å². The van der Waals surface area contributed by atoms with Crippen molar-refractivity contribution >= 4 is 31.9 Å². The normalized spacial score (nSPS) is 18.0. The molecule has 0 saturated heterocycles. The van der Waals surface area contributed by atoms with Gasteiger partial charge in [-0.1, -0.05) is 69.7 Å². The Morgan fingerprint density at radius 1 is 0.696 bits per heavy atom. The van der Waals surface area contributed by atoms with Gasteiger partial charge in [-0.25, -0.2) is 11.1 Å². The third-order valence-corrected chi connectivity index (χ3v) is 4.69. The van der Waals surface area contributed by atoms with Gasteiger partial charge >= 0.3 is 26.2 Å². The summed E-state index contributed by atoms with van der Waals surface area (Å²) in [6, 6.07) is 16.6. The van der Waals surface area contributed by atoms with E-state index in [1.807, 2.05) is 12.1 Å². The Balaban J connectivity index is 0.00000192. The van der Waals surface area contributed by atoms with Gasteiger partial charge in [-0.2, -0.15) is 23.3 Å². The fraction of sp³-hybridized carbons (Fsp3) is 0.200. The maximum absolute atomic E-state index is 3.58. The second-order valence-electron chi connectivity index (χ2n) is 5.43. The van der Waals surface area contributed by atoms with Crippen LogP contribution >= 0.6 is 31.9 Å². The second-order valence-corrected chi connectivity index (χ2v) is 7.27. The second kappa shape index (κ2) is 9.30. The molecule has 0 bridgehead atoms. The summed E-state index contributed by atoms with van der Waals surface area (Å²) in [7, 11) is 0. The molecule has 1 saturated carbocycles. The summed E-state index contributed by atoms with van der Waals surface area (Å²) >= 11 is 7.05. The number of halogens is 2. The zero-order valence-electron chi connectivity index (χ0n) is 12.7. The molecule has 114 valence electrons. The molecule has 23 heavy (non-hydrogen) atoms. The Morgan fingerprint density at radius 2 is 1.13 bits per heavy atom. The topological polar surface area (TPSA) is 0 Å². The first-order valence-corrected chi connectivity index (χ1v) is 9.06. The molecule has 0 heterocycles. The SMILES string of the molecule is Brc1cccc([C-]=C2CCCCC2=[C-]c2cccc(Br)c2)c1.[Zr+2]. The molecule has 0 nitrogen and oxygen atoms in total. The van der Waals surface area contributed by atoms with Crippen LogP contribution in [-0.2, 0) is 26.2 Å². The van der Waals surface area contributed by atoms with E-state index >= 15 is 0 Å². The molecule has 3 heteroatoms. The molecule has 0 unspecified atom stereocenters. The number of hydrogen-bond donors (Lipinski definition) is 0. The minimum absolute atomic E-state index is 0. The molecule has 2 aromatic carbocycles. The zero-order chi connectivity index (χ0) is 15.4. The molecule has 1 aliphatic carbocycles. The van der Waals surface area contributed by atoms with Crippen LogP contribution in [0.15, 0.2) is 68.6 Å². The molecule has 1 aliphatic rings. The maximum atomic E-state index is 3.58. The fourth-order valence-electron chi connectivity index (χ4n) is 2.66. The summed E-state index contributed by atoms with van der Waals surface area (Å²) < 4.78 is 2.19. The minimum Gasteiger partial charge on any atom is -0.201 e. The summed E-state index contributed by atoms with van der Waals surface area (Å²) in [6.07, 6.45) is 11.8. The van der Waals surface area contributed by atoms with Crippen molar-refractivity contribution in [2.75, 3.05) is 0 Å². The Kier molecular flexibility index (Phi) is 7.72. The van der Waals surface area contributed by atoms with Crippen LogP contribution < -0.4 is 0 Å². The summed E-state index contributed by atoms with van der Waals surface area (Å²) in [5.41, 5.74) is 4.84. The molecule has 2 aromatic rings. The van der Waals surface area contributed by atoms with Crippen LogP contribution in [0.3, 0.4) is 0 Å². The third kappa shape index (κ3) is 5.66. The van der Waals surface area contributed by atoms with Gasteiger partial charge in [0, 0.05) is 0 Å². The molecule has 0 amide bonds. The first-order valence-electron chi connectivity index (χ1n) is 7.48. The predicted molar refractivity (Wildman–Crippen MR) is 98.5 cm³/mol. The molecular formula is C20H16Br2Zr. The van der Waals surface area contributed by atoms with Gasteiger partial charge in [0.15, 0.2) is 0 Å². The smallest absolute Gasteiger partial charge is 0.201 e. The first kappa shape index (κ1) is 19.1. The molecule has 3 rings (SSSR count). The van der Waals surface area contributed by atoms with E-state index in [1.165, 1.54) is 24.0 Å². The molecular weight excluding hydrogens is 491 g/mol. The molecule has 0 spiro atoms. The average Bonchev–Trinajstić information content (AvgIpc) is 2.49. The van der Waals surface area contributed by atoms with Crippen molar-refractivity contribution < 1.29 is 26.2 Å². The number of rotatable bonds is 2. The van der Waals surface area contributed by atoms with E-state index in [0.29, 0.717) is 0 Å². The van der Waals surface area contributed by atoms with Gasteiger partial charge in [0.25, 0.3) is 0 Å². The van der Waals surface area contributed by atoms with Crippen LogP contribution in [0.1, 0.15) is 36.8 Å². The van der Waals surface area contributed by atoms with Crippen LogP contribution in [0.4, 0.5) is 0 Å². The molecule has 0 atom stereocenters. The standard InChI is InChI=1S/C20H16Br2.Zr/c21-19-9-3-5-15(13-19)11-17-7-1-2-8-18(17)12-16-6-4-10-20(22)14-16;/h3-6,9-10,13-14H,1-2,7-8H2;/q-2;+2. The number of allylic oxidation sites excluding steroid dienone is 2. The summed E-state index contributed by atoms with van der Waals surface area (Å²) in [4.78, 5) is 0. The minimum atomic E-state index is 0. The van der Waals surface area contributed by atoms with Crippen LogP contribution in [0.5, 0.6) is 0 Å². The summed E-state index contributed by atoms with van der Waals surface area (Å²) in [5.74, 6) is 0. The van der Waals surface area contributed by atoms with Crippen molar-refractivity contribution in [3.8, 4) is 0 Å². The van der Waals surface area contributed by atoms with Crippen molar-refractivity contribution in [1.29, 1.82) is 0 Å². The number of benzene rings is 2. The Bertz CT molecular complexity index is 668. The van der Waals surface area contributed by atoms with Gasteiger partial charge < -0.3 is 0 Å². The summed E-state index contributed by atoms with van der Waals surface area (Å²) in [6.45, 7) is 0. The van der Waals surface area contributed by atoms with Crippen molar-refractivity contribution in [2.45, 2.75) is 25.7 Å². The van der Waals surface area contributed by atoms with E-state index in [-0.39, 0.29) is 26.2 Å². The molecule has 0 radical (unpaired) electrons. The van der Waals surface area contributed by atoms with E-state index in [9.17, 15) is 0 Å². The fourth-order valence-corrected chi connectivity index (χ4v) is 3.46. The van der Waals surface area contributed by atoms with E-state index < -0.39 is 0 Å². The average molecular weight is 507 g/mol. The quantitative estimate of drug-likeness (QED) is 0.400. The van der Waals surface area contributed by atoms with Crippen LogP contribution in [0, 0.1) is 12.2 Å². The van der Waals surface area contributed by atoms with E-state index in [2.05, 4.69) is 80.4 Å². The van der Waals surface area contributed by atoms with Crippen LogP contribution in [0.2, 0.25) is 0 Å². The van der Waals surface area contributed by atoms with E-state index in [0.717, 1.165) is 32.9 Å².